The van der Waals surface area contributed by atoms with Gasteiger partial charge in [0.05, 0.1) is 29.9 Å². The number of amides is 1. The van der Waals surface area contributed by atoms with E-state index in [0.29, 0.717) is 58.4 Å². The molecule has 3 N–H and O–H groups in total. The number of hydrogen-bond acceptors (Lipinski definition) is 8. The van der Waals surface area contributed by atoms with Crippen LogP contribution in [0.25, 0.3) is 28.3 Å². The molecule has 0 bridgehead atoms. The van der Waals surface area contributed by atoms with Crippen LogP contribution in [0.3, 0.4) is 0 Å². The maximum Gasteiger partial charge on any atom is 0.255 e. The van der Waals surface area contributed by atoms with Crippen molar-refractivity contribution in [1.82, 2.24) is 24.7 Å². The number of rotatable bonds is 11. The zero-order chi connectivity index (χ0) is 32.0. The van der Waals surface area contributed by atoms with Gasteiger partial charge in [-0.1, -0.05) is 18.2 Å². The highest BCUT2D eigenvalue weighted by Crippen LogP contribution is 2.34. The first-order valence-electron chi connectivity index (χ1n) is 14.3. The molecule has 46 heavy (non-hydrogen) atoms. The van der Waals surface area contributed by atoms with Gasteiger partial charge in [0, 0.05) is 54.0 Å². The van der Waals surface area contributed by atoms with Crippen LogP contribution in [0.15, 0.2) is 97.3 Å². The Balaban J connectivity index is 1.36. The second kappa shape index (κ2) is 13.4. The fraction of sp³-hybridized carbons (Fsp3) is 0.118. The molecule has 3 heterocycles. The Labute approximate surface area is 263 Å². The Morgan fingerprint density at radius 2 is 1.80 bits per heavy atom. The number of carbonyl (C=O) groups excluding carboxylic acids is 1. The van der Waals surface area contributed by atoms with Crippen molar-refractivity contribution in [1.29, 1.82) is 0 Å². The summed E-state index contributed by atoms with van der Waals surface area (Å²) in [6.45, 7) is 1.25. The predicted octanol–water partition coefficient (Wildman–Crippen LogP) is 6.34. The highest BCUT2D eigenvalue weighted by Gasteiger charge is 2.20. The molecule has 0 unspecified atom stereocenters. The molecule has 10 nitrogen and oxygen atoms in total. The first-order valence-corrected chi connectivity index (χ1v) is 14.3. The largest absolute Gasteiger partial charge is 0.497 e. The summed E-state index contributed by atoms with van der Waals surface area (Å²) in [5, 5.41) is 8.80. The van der Waals surface area contributed by atoms with Crippen molar-refractivity contribution < 1.29 is 23.0 Å². The number of anilines is 3. The normalized spacial score (nSPS) is 11.0. The van der Waals surface area contributed by atoms with Gasteiger partial charge in [-0.2, -0.15) is 0 Å². The van der Waals surface area contributed by atoms with Crippen molar-refractivity contribution in [3.8, 4) is 34.1 Å². The minimum atomic E-state index is -0.873. The summed E-state index contributed by atoms with van der Waals surface area (Å²) in [4.78, 5) is 27.2. The monoisotopic (exact) mass is 621 g/mol. The van der Waals surface area contributed by atoms with Crippen LogP contribution in [0.2, 0.25) is 0 Å². The van der Waals surface area contributed by atoms with Crippen LogP contribution < -0.4 is 25.4 Å². The minimum Gasteiger partial charge on any atom is -0.497 e. The molecule has 0 atom stereocenters. The fourth-order valence-corrected chi connectivity index (χ4v) is 4.81. The lowest BCUT2D eigenvalue weighted by molar-refractivity contribution is 0.102. The summed E-state index contributed by atoms with van der Waals surface area (Å²) >= 11 is 0. The number of nitrogens with zero attached hydrogens (tertiary/aromatic N) is 4. The first-order chi connectivity index (χ1) is 22.4. The molecule has 0 spiro atoms. The first kappa shape index (κ1) is 30.2. The molecule has 0 aliphatic rings. The van der Waals surface area contributed by atoms with Gasteiger partial charge in [0.2, 0.25) is 5.95 Å². The Kier molecular flexibility index (Phi) is 8.79. The van der Waals surface area contributed by atoms with E-state index >= 15 is 0 Å². The van der Waals surface area contributed by atoms with Crippen molar-refractivity contribution >= 4 is 28.9 Å². The fourth-order valence-electron chi connectivity index (χ4n) is 4.81. The number of imidazole rings is 1. The highest BCUT2D eigenvalue weighted by molar-refractivity contribution is 6.05. The van der Waals surface area contributed by atoms with Crippen molar-refractivity contribution in [3.05, 3.63) is 115 Å². The van der Waals surface area contributed by atoms with Gasteiger partial charge in [0.15, 0.2) is 0 Å². The van der Waals surface area contributed by atoms with Gasteiger partial charge in [-0.05, 0) is 55.6 Å². The number of methoxy groups -OCH3 is 1. The number of aromatic nitrogens is 4. The molecular weight excluding hydrogens is 592 g/mol. The summed E-state index contributed by atoms with van der Waals surface area (Å²) in [5.74, 6) is -0.493. The topological polar surface area (TPSA) is 115 Å². The molecule has 0 saturated heterocycles. The van der Waals surface area contributed by atoms with E-state index < -0.39 is 17.5 Å². The van der Waals surface area contributed by atoms with Crippen molar-refractivity contribution in [3.63, 3.8) is 0 Å². The molecule has 0 aliphatic heterocycles. The number of ether oxygens (including phenoxy) is 2. The van der Waals surface area contributed by atoms with Crippen molar-refractivity contribution in [2.75, 3.05) is 37.9 Å². The summed E-state index contributed by atoms with van der Waals surface area (Å²) in [6, 6.07) is 22.6. The standard InChI is InChI=1S/C34H29F2N7O3/c1-37-14-16-46-26-8-4-7-24(19-26)39-34-38-13-11-29(41-34)32-31(42-30-20-25(45-2)12-15-43(30)32)21-5-3-6-22(17-21)33(44)40-28-10-9-23(35)18-27(28)36/h3-13,15,17-20,37H,14,16H2,1-2H3,(H,40,44)(H,38,39,41). The molecule has 1 amide bonds. The SMILES string of the molecule is CNCCOc1cccc(Nc2nccc(-c3c(-c4cccc(C(=O)Nc5ccc(F)cc5F)c4)nc4cc(OC)ccn34)n2)c1. The lowest BCUT2D eigenvalue weighted by Gasteiger charge is -2.11. The Morgan fingerprint density at radius 3 is 2.63 bits per heavy atom. The van der Waals surface area contributed by atoms with Gasteiger partial charge in [-0.3, -0.25) is 9.20 Å². The summed E-state index contributed by atoms with van der Waals surface area (Å²) in [6.07, 6.45) is 3.47. The van der Waals surface area contributed by atoms with Gasteiger partial charge < -0.3 is 25.4 Å². The smallest absolute Gasteiger partial charge is 0.255 e. The summed E-state index contributed by atoms with van der Waals surface area (Å²) < 4.78 is 40.7. The molecule has 0 saturated carbocycles. The van der Waals surface area contributed by atoms with Crippen LogP contribution in [-0.2, 0) is 0 Å². The molecule has 6 rings (SSSR count). The lowest BCUT2D eigenvalue weighted by Crippen LogP contribution is -2.15. The van der Waals surface area contributed by atoms with Gasteiger partial charge in [0.1, 0.15) is 35.4 Å². The van der Waals surface area contributed by atoms with E-state index in [4.69, 9.17) is 19.4 Å². The third-order valence-electron chi connectivity index (χ3n) is 7.02. The highest BCUT2D eigenvalue weighted by atomic mass is 19.1. The number of halogens is 2. The number of fused-ring (bicyclic) bond motifs is 1. The van der Waals surface area contributed by atoms with Gasteiger partial charge in [-0.15, -0.1) is 0 Å². The molecule has 232 valence electrons. The van der Waals surface area contributed by atoms with Gasteiger partial charge in [0.25, 0.3) is 5.91 Å². The third-order valence-corrected chi connectivity index (χ3v) is 7.02. The number of hydrogen-bond donors (Lipinski definition) is 3. The van der Waals surface area contributed by atoms with E-state index in [-0.39, 0.29) is 11.3 Å². The third kappa shape index (κ3) is 6.61. The van der Waals surface area contributed by atoms with E-state index in [9.17, 15) is 13.6 Å². The zero-order valence-corrected chi connectivity index (χ0v) is 24.9. The van der Waals surface area contributed by atoms with Crippen LogP contribution in [0.1, 0.15) is 10.4 Å². The van der Waals surface area contributed by atoms with E-state index in [0.717, 1.165) is 18.3 Å². The maximum absolute atomic E-state index is 14.2. The van der Waals surface area contributed by atoms with Crippen molar-refractivity contribution in [2.24, 2.45) is 0 Å². The second-order valence-corrected chi connectivity index (χ2v) is 10.1. The molecule has 0 aliphatic carbocycles. The number of nitrogens with one attached hydrogen (secondary N) is 3. The quantitative estimate of drug-likeness (QED) is 0.144. The second-order valence-electron chi connectivity index (χ2n) is 10.1. The van der Waals surface area contributed by atoms with Crippen LogP contribution in [-0.4, -0.2) is 52.6 Å². The number of pyridine rings is 1. The van der Waals surface area contributed by atoms with E-state index in [1.54, 1.807) is 43.6 Å². The molecule has 3 aromatic carbocycles. The minimum absolute atomic E-state index is 0.131. The maximum atomic E-state index is 14.2. The van der Waals surface area contributed by atoms with Crippen LogP contribution >= 0.6 is 0 Å². The molecule has 12 heteroatoms. The zero-order valence-electron chi connectivity index (χ0n) is 24.9. The summed E-state index contributed by atoms with van der Waals surface area (Å²) in [7, 11) is 3.44. The average Bonchev–Trinajstić information content (AvgIpc) is 3.45. The number of likely N-dealkylation sites (N-methyl/N-ethyl adjacent to an activating group) is 1. The van der Waals surface area contributed by atoms with Crippen molar-refractivity contribution in [2.45, 2.75) is 0 Å². The summed E-state index contributed by atoms with van der Waals surface area (Å²) in [5.41, 5.74) is 3.83. The van der Waals surface area contributed by atoms with Crippen LogP contribution in [0, 0.1) is 11.6 Å². The van der Waals surface area contributed by atoms with Gasteiger partial charge >= 0.3 is 0 Å². The lowest BCUT2D eigenvalue weighted by atomic mass is 10.0. The van der Waals surface area contributed by atoms with Gasteiger partial charge in [-0.25, -0.2) is 23.7 Å². The molecule has 0 fully saturated rings. The number of benzene rings is 3. The number of carbonyl (C=O) groups is 1. The van der Waals surface area contributed by atoms with Crippen LogP contribution in [0.5, 0.6) is 11.5 Å². The molecule has 6 aromatic rings. The van der Waals surface area contributed by atoms with E-state index in [1.807, 2.05) is 54.0 Å². The van der Waals surface area contributed by atoms with Crippen LogP contribution in [0.4, 0.5) is 26.1 Å². The molecular formula is C34H29F2N7O3. The predicted molar refractivity (Wildman–Crippen MR) is 172 cm³/mol. The Hall–Kier alpha value is -5.88. The Bertz CT molecular complexity index is 2030. The average molecular weight is 622 g/mol. The molecule has 3 aromatic heterocycles. The molecule has 0 radical (unpaired) electrons. The Morgan fingerprint density at radius 1 is 0.935 bits per heavy atom. The van der Waals surface area contributed by atoms with E-state index in [1.165, 1.54) is 6.07 Å². The van der Waals surface area contributed by atoms with E-state index in [2.05, 4.69) is 20.9 Å².